The normalized spacial score (nSPS) is 16.0. The zero-order chi connectivity index (χ0) is 18.9. The van der Waals surface area contributed by atoms with Crippen LogP contribution < -0.4 is 10.2 Å². The first-order chi connectivity index (χ1) is 12.2. The number of nitrogens with zero attached hydrogens (tertiary/aromatic N) is 2. The van der Waals surface area contributed by atoms with Gasteiger partial charge in [0.15, 0.2) is 0 Å². The summed E-state index contributed by atoms with van der Waals surface area (Å²) in [6, 6.07) is 7.53. The van der Waals surface area contributed by atoms with E-state index < -0.39 is 23.5 Å². The van der Waals surface area contributed by atoms with Crippen molar-refractivity contribution in [3.8, 4) is 11.1 Å². The Morgan fingerprint density at radius 2 is 1.27 bits per heavy atom. The van der Waals surface area contributed by atoms with Gasteiger partial charge in [-0.15, -0.1) is 0 Å². The van der Waals surface area contributed by atoms with Crippen molar-refractivity contribution in [3.05, 3.63) is 53.6 Å². The fraction of sp³-hybridized carbons (Fsp3) is 0.333. The second-order valence-electron chi connectivity index (χ2n) is 5.96. The molecule has 1 saturated heterocycles. The number of anilines is 1. The Labute approximate surface area is 146 Å². The highest BCUT2D eigenvalue weighted by atomic mass is 19.4. The lowest BCUT2D eigenvalue weighted by molar-refractivity contribution is -0.138. The van der Waals surface area contributed by atoms with Crippen LogP contribution in [0.1, 0.15) is 11.1 Å². The van der Waals surface area contributed by atoms with Gasteiger partial charge in [-0.1, -0.05) is 12.1 Å². The van der Waals surface area contributed by atoms with Crippen LogP contribution in [0.2, 0.25) is 0 Å². The van der Waals surface area contributed by atoms with Crippen molar-refractivity contribution in [2.45, 2.75) is 12.4 Å². The Morgan fingerprint density at radius 3 is 1.81 bits per heavy atom. The number of rotatable bonds is 2. The monoisotopic (exact) mass is 373 g/mol. The Hall–Kier alpha value is -2.22. The minimum Gasteiger partial charge on any atom is -0.368 e. The maximum absolute atomic E-state index is 13.1. The van der Waals surface area contributed by atoms with Crippen LogP contribution in [-0.2, 0) is 12.4 Å². The third-order valence-electron chi connectivity index (χ3n) is 4.24. The lowest BCUT2D eigenvalue weighted by Crippen LogP contribution is -2.40. The highest BCUT2D eigenvalue weighted by molar-refractivity contribution is 5.79. The van der Waals surface area contributed by atoms with E-state index in [1.54, 1.807) is 0 Å². The number of halogens is 6. The second kappa shape index (κ2) is 6.83. The molecular formula is C18H15F6N2. The van der Waals surface area contributed by atoms with Gasteiger partial charge in [0.25, 0.3) is 0 Å². The predicted octanol–water partition coefficient (Wildman–Crippen LogP) is 4.82. The van der Waals surface area contributed by atoms with Gasteiger partial charge >= 0.3 is 12.4 Å². The minimum atomic E-state index is -4.53. The topological polar surface area (TPSA) is 17.3 Å². The van der Waals surface area contributed by atoms with E-state index in [1.807, 2.05) is 4.90 Å². The molecule has 0 saturated carbocycles. The maximum Gasteiger partial charge on any atom is 0.416 e. The molecule has 1 aliphatic heterocycles. The maximum atomic E-state index is 13.1. The van der Waals surface area contributed by atoms with Gasteiger partial charge in [0.2, 0.25) is 0 Å². The average Bonchev–Trinajstić information content (AvgIpc) is 2.60. The Kier molecular flexibility index (Phi) is 4.88. The third kappa shape index (κ3) is 3.95. The second-order valence-corrected chi connectivity index (χ2v) is 5.96. The molecule has 3 rings (SSSR count). The molecule has 0 bridgehead atoms. The summed E-state index contributed by atoms with van der Waals surface area (Å²) in [7, 11) is 0. The molecule has 1 fully saturated rings. The zero-order valence-electron chi connectivity index (χ0n) is 13.5. The zero-order valence-corrected chi connectivity index (χ0v) is 13.5. The van der Waals surface area contributed by atoms with Crippen molar-refractivity contribution in [1.82, 2.24) is 5.32 Å². The van der Waals surface area contributed by atoms with E-state index >= 15 is 0 Å². The molecule has 8 heteroatoms. The van der Waals surface area contributed by atoms with Gasteiger partial charge < -0.3 is 4.90 Å². The fourth-order valence-electron chi connectivity index (χ4n) is 2.91. The molecular weight excluding hydrogens is 358 g/mol. The molecule has 2 aromatic rings. The third-order valence-corrected chi connectivity index (χ3v) is 4.24. The first kappa shape index (κ1) is 18.6. The number of alkyl halides is 6. The molecule has 0 spiro atoms. The highest BCUT2D eigenvalue weighted by Crippen LogP contribution is 2.39. The molecule has 0 atom stereocenters. The van der Waals surface area contributed by atoms with Crippen LogP contribution in [0.15, 0.2) is 42.5 Å². The van der Waals surface area contributed by atoms with Gasteiger partial charge in [-0.2, -0.15) is 26.3 Å². The van der Waals surface area contributed by atoms with Gasteiger partial charge in [-0.05, 0) is 35.9 Å². The standard InChI is InChI=1S/C18H15F6N2/c19-17(20,21)13-3-1-12(2-4-13)15-11-14(18(22,23)24)5-6-16(15)26-9-7-25-8-10-26/h1-6,11H,7-10H2. The number of hydrogen-bond donors (Lipinski definition) is 0. The quantitative estimate of drug-likeness (QED) is 0.691. The number of benzene rings is 2. The van der Waals surface area contributed by atoms with Gasteiger partial charge in [-0.25, -0.2) is 5.32 Å². The smallest absolute Gasteiger partial charge is 0.368 e. The average molecular weight is 373 g/mol. The summed E-state index contributed by atoms with van der Waals surface area (Å²) >= 11 is 0. The largest absolute Gasteiger partial charge is 0.416 e. The van der Waals surface area contributed by atoms with E-state index in [1.165, 1.54) is 18.2 Å². The van der Waals surface area contributed by atoms with E-state index in [4.69, 9.17) is 0 Å². The highest BCUT2D eigenvalue weighted by Gasteiger charge is 2.32. The van der Waals surface area contributed by atoms with Gasteiger partial charge in [0.1, 0.15) is 0 Å². The van der Waals surface area contributed by atoms with Crippen LogP contribution in [0.3, 0.4) is 0 Å². The molecule has 0 aliphatic carbocycles. The van der Waals surface area contributed by atoms with E-state index in [0.717, 1.165) is 24.3 Å². The lowest BCUT2D eigenvalue weighted by Gasteiger charge is -2.31. The van der Waals surface area contributed by atoms with E-state index in [0.29, 0.717) is 37.4 Å². The fourth-order valence-corrected chi connectivity index (χ4v) is 2.91. The Morgan fingerprint density at radius 1 is 0.731 bits per heavy atom. The summed E-state index contributed by atoms with van der Waals surface area (Å²) in [5.41, 5.74) is -0.547. The molecule has 2 nitrogen and oxygen atoms in total. The van der Waals surface area contributed by atoms with Crippen molar-refractivity contribution < 1.29 is 26.3 Å². The first-order valence-electron chi connectivity index (χ1n) is 7.93. The van der Waals surface area contributed by atoms with Crippen LogP contribution in [0.25, 0.3) is 11.1 Å². The van der Waals surface area contributed by atoms with Crippen molar-refractivity contribution in [1.29, 1.82) is 0 Å². The summed E-state index contributed by atoms with van der Waals surface area (Å²) in [5, 5.41) is 4.20. The molecule has 0 unspecified atom stereocenters. The van der Waals surface area contributed by atoms with Crippen molar-refractivity contribution in [3.63, 3.8) is 0 Å². The molecule has 0 amide bonds. The summed E-state index contributed by atoms with van der Waals surface area (Å²) in [5.74, 6) is 0. The van der Waals surface area contributed by atoms with Crippen LogP contribution >= 0.6 is 0 Å². The molecule has 0 N–H and O–H groups in total. The van der Waals surface area contributed by atoms with Crippen molar-refractivity contribution in [2.75, 3.05) is 31.1 Å². The molecule has 1 aliphatic rings. The summed E-state index contributed by atoms with van der Waals surface area (Å²) < 4.78 is 77.5. The molecule has 26 heavy (non-hydrogen) atoms. The van der Waals surface area contributed by atoms with Crippen LogP contribution in [0.5, 0.6) is 0 Å². The van der Waals surface area contributed by atoms with Crippen LogP contribution in [0, 0.1) is 0 Å². The van der Waals surface area contributed by atoms with E-state index in [9.17, 15) is 26.3 Å². The van der Waals surface area contributed by atoms with Crippen molar-refractivity contribution in [2.24, 2.45) is 0 Å². The molecule has 139 valence electrons. The number of piperazine rings is 1. The van der Waals surface area contributed by atoms with E-state index in [-0.39, 0.29) is 5.56 Å². The number of hydrogen-bond acceptors (Lipinski definition) is 1. The van der Waals surface area contributed by atoms with Crippen LogP contribution in [-0.4, -0.2) is 26.2 Å². The Balaban J connectivity index is 2.07. The Bertz CT molecular complexity index is 759. The predicted molar refractivity (Wildman–Crippen MR) is 86.0 cm³/mol. The minimum absolute atomic E-state index is 0.260. The summed E-state index contributed by atoms with van der Waals surface area (Å²) in [6.07, 6.45) is -9.03. The van der Waals surface area contributed by atoms with Crippen molar-refractivity contribution >= 4 is 5.69 Å². The lowest BCUT2D eigenvalue weighted by atomic mass is 9.98. The van der Waals surface area contributed by atoms with Gasteiger partial charge in [-0.3, -0.25) is 0 Å². The van der Waals surface area contributed by atoms with Gasteiger partial charge in [0.05, 0.1) is 11.1 Å². The van der Waals surface area contributed by atoms with Gasteiger partial charge in [0, 0.05) is 37.4 Å². The van der Waals surface area contributed by atoms with E-state index in [2.05, 4.69) is 5.32 Å². The summed E-state index contributed by atoms with van der Waals surface area (Å²) in [4.78, 5) is 1.90. The molecule has 1 radical (unpaired) electrons. The summed E-state index contributed by atoms with van der Waals surface area (Å²) in [6.45, 7) is 2.24. The molecule has 1 heterocycles. The first-order valence-corrected chi connectivity index (χ1v) is 7.93. The SMILES string of the molecule is FC(F)(F)c1ccc(-c2cc(C(F)(F)F)ccc2N2CC[N]CC2)cc1. The molecule has 0 aromatic heterocycles. The van der Waals surface area contributed by atoms with Crippen LogP contribution in [0.4, 0.5) is 32.0 Å². The molecule has 2 aromatic carbocycles.